The van der Waals surface area contributed by atoms with Crippen molar-refractivity contribution in [3.63, 3.8) is 0 Å². The summed E-state index contributed by atoms with van der Waals surface area (Å²) in [6, 6.07) is 26.6. The van der Waals surface area contributed by atoms with Crippen LogP contribution in [0.2, 0.25) is 0 Å². The quantitative estimate of drug-likeness (QED) is 0.465. The summed E-state index contributed by atoms with van der Waals surface area (Å²) in [4.78, 5) is 4.66. The number of rotatable bonds is 3. The molecule has 0 saturated heterocycles. The van der Waals surface area contributed by atoms with Gasteiger partial charge >= 0.3 is 0 Å². The molecule has 0 bridgehead atoms. The maximum Gasteiger partial charge on any atom is 0.0944 e. The molecule has 0 amide bonds. The third-order valence-electron chi connectivity index (χ3n) is 5.42. The first kappa shape index (κ1) is 16.0. The van der Waals surface area contributed by atoms with E-state index in [0.717, 1.165) is 6.67 Å². The summed E-state index contributed by atoms with van der Waals surface area (Å²) in [5, 5.41) is 2.59. The van der Waals surface area contributed by atoms with Crippen LogP contribution >= 0.6 is 0 Å². The summed E-state index contributed by atoms with van der Waals surface area (Å²) in [7, 11) is 0. The van der Waals surface area contributed by atoms with Crippen molar-refractivity contribution in [2.75, 3.05) is 11.6 Å². The third kappa shape index (κ3) is 2.58. The molecule has 3 nitrogen and oxygen atoms in total. The average Bonchev–Trinajstić information content (AvgIpc) is 3.32. The number of fused-ring (bicyclic) bond motifs is 3. The molecule has 4 aromatic rings. The van der Waals surface area contributed by atoms with Gasteiger partial charge in [0, 0.05) is 40.6 Å². The lowest BCUT2D eigenvalue weighted by atomic mass is 10.1. The Bertz CT molecular complexity index is 1140. The van der Waals surface area contributed by atoms with E-state index in [1.54, 1.807) is 0 Å². The molecule has 0 spiro atoms. The SMILES string of the molecule is CC(C)N1C=CN(c2ccc3c(c2)c2ccccc2n3-c2ccccc2)C1. The van der Waals surface area contributed by atoms with Crippen LogP contribution in [-0.4, -0.2) is 22.2 Å². The Hall–Kier alpha value is -3.20. The molecule has 0 radical (unpaired) electrons. The van der Waals surface area contributed by atoms with Crippen LogP contribution in [0, 0.1) is 0 Å². The van der Waals surface area contributed by atoms with Gasteiger partial charge < -0.3 is 14.4 Å². The molecular weight excluding hydrogens is 330 g/mol. The largest absolute Gasteiger partial charge is 0.356 e. The van der Waals surface area contributed by atoms with Crippen LogP contribution in [0.4, 0.5) is 5.69 Å². The van der Waals surface area contributed by atoms with Crippen molar-refractivity contribution in [3.05, 3.63) is 85.2 Å². The van der Waals surface area contributed by atoms with Crippen molar-refractivity contribution in [2.45, 2.75) is 19.9 Å². The Morgan fingerprint density at radius 1 is 0.704 bits per heavy atom. The zero-order chi connectivity index (χ0) is 18.4. The van der Waals surface area contributed by atoms with Crippen LogP contribution in [0.15, 0.2) is 85.2 Å². The number of aromatic nitrogens is 1. The zero-order valence-corrected chi connectivity index (χ0v) is 15.7. The Kier molecular flexibility index (Phi) is 3.68. The molecule has 3 aromatic carbocycles. The molecule has 0 saturated carbocycles. The molecule has 27 heavy (non-hydrogen) atoms. The molecule has 3 heteroatoms. The summed E-state index contributed by atoms with van der Waals surface area (Å²) < 4.78 is 2.36. The van der Waals surface area contributed by atoms with Crippen molar-refractivity contribution in [3.8, 4) is 5.69 Å². The fourth-order valence-electron chi connectivity index (χ4n) is 3.93. The summed E-state index contributed by atoms with van der Waals surface area (Å²) >= 11 is 0. The lowest BCUT2D eigenvalue weighted by Crippen LogP contribution is -2.30. The van der Waals surface area contributed by atoms with E-state index < -0.39 is 0 Å². The van der Waals surface area contributed by atoms with Crippen LogP contribution in [0.1, 0.15) is 13.8 Å². The average molecular weight is 353 g/mol. The second-order valence-corrected chi connectivity index (χ2v) is 7.41. The van der Waals surface area contributed by atoms with E-state index in [9.17, 15) is 0 Å². The fourth-order valence-corrected chi connectivity index (χ4v) is 3.93. The van der Waals surface area contributed by atoms with Gasteiger partial charge in [0.15, 0.2) is 0 Å². The van der Waals surface area contributed by atoms with Crippen molar-refractivity contribution >= 4 is 27.5 Å². The van der Waals surface area contributed by atoms with E-state index in [0.29, 0.717) is 6.04 Å². The van der Waals surface area contributed by atoms with Crippen molar-refractivity contribution in [1.82, 2.24) is 9.47 Å². The minimum atomic E-state index is 0.509. The lowest BCUT2D eigenvalue weighted by Gasteiger charge is -2.24. The van der Waals surface area contributed by atoms with E-state index in [1.165, 1.54) is 33.2 Å². The minimum Gasteiger partial charge on any atom is -0.356 e. The van der Waals surface area contributed by atoms with Crippen LogP contribution in [-0.2, 0) is 0 Å². The molecule has 0 N–H and O–H groups in total. The number of nitrogens with zero attached hydrogens (tertiary/aromatic N) is 3. The monoisotopic (exact) mass is 353 g/mol. The molecule has 1 aromatic heterocycles. The molecule has 1 aliphatic rings. The van der Waals surface area contributed by atoms with Gasteiger partial charge in [0.1, 0.15) is 0 Å². The van der Waals surface area contributed by atoms with Crippen LogP contribution < -0.4 is 4.90 Å². The zero-order valence-electron chi connectivity index (χ0n) is 15.7. The maximum atomic E-state index is 2.36. The first-order valence-electron chi connectivity index (χ1n) is 9.52. The first-order chi connectivity index (χ1) is 13.2. The predicted molar refractivity (Wildman–Crippen MR) is 114 cm³/mol. The van der Waals surface area contributed by atoms with Gasteiger partial charge in [-0.25, -0.2) is 0 Å². The highest BCUT2D eigenvalue weighted by atomic mass is 15.3. The highest BCUT2D eigenvalue weighted by Crippen LogP contribution is 2.35. The highest BCUT2D eigenvalue weighted by molar-refractivity contribution is 6.10. The molecule has 0 atom stereocenters. The number of benzene rings is 3. The van der Waals surface area contributed by atoms with E-state index in [1.807, 2.05) is 0 Å². The van der Waals surface area contributed by atoms with Crippen LogP contribution in [0.3, 0.4) is 0 Å². The van der Waals surface area contributed by atoms with Crippen molar-refractivity contribution in [2.24, 2.45) is 0 Å². The minimum absolute atomic E-state index is 0.509. The second-order valence-electron chi connectivity index (χ2n) is 7.41. The smallest absolute Gasteiger partial charge is 0.0944 e. The van der Waals surface area contributed by atoms with Crippen LogP contribution in [0.25, 0.3) is 27.5 Å². The fraction of sp³-hybridized carbons (Fsp3) is 0.167. The maximum absolute atomic E-state index is 2.36. The Morgan fingerprint density at radius 3 is 2.22 bits per heavy atom. The summed E-state index contributed by atoms with van der Waals surface area (Å²) in [6.45, 7) is 5.36. The van der Waals surface area contributed by atoms with E-state index >= 15 is 0 Å². The van der Waals surface area contributed by atoms with Gasteiger partial charge in [-0.05, 0) is 50.2 Å². The lowest BCUT2D eigenvalue weighted by molar-refractivity contribution is 0.336. The molecule has 0 fully saturated rings. The normalized spacial score (nSPS) is 14.2. The van der Waals surface area contributed by atoms with Gasteiger partial charge in [0.2, 0.25) is 0 Å². The van der Waals surface area contributed by atoms with Crippen molar-refractivity contribution < 1.29 is 0 Å². The summed E-state index contributed by atoms with van der Waals surface area (Å²) in [5.74, 6) is 0. The van der Waals surface area contributed by atoms with Gasteiger partial charge in [-0.2, -0.15) is 0 Å². The molecule has 0 aliphatic carbocycles. The molecule has 134 valence electrons. The first-order valence-corrected chi connectivity index (χ1v) is 9.52. The standard InChI is InChI=1S/C24H23N3/c1-18(2)25-14-15-26(17-25)20-12-13-24-22(16-20)21-10-6-7-11-23(21)27(24)19-8-4-3-5-9-19/h3-16,18H,17H2,1-2H3. The number of para-hydroxylation sites is 2. The van der Waals surface area contributed by atoms with Gasteiger partial charge in [-0.3, -0.25) is 0 Å². The number of hydrogen-bond donors (Lipinski definition) is 0. The Morgan fingerprint density at radius 2 is 1.44 bits per heavy atom. The second kappa shape index (κ2) is 6.20. The number of anilines is 1. The van der Waals surface area contributed by atoms with Gasteiger partial charge in [-0.15, -0.1) is 0 Å². The molecule has 1 aliphatic heterocycles. The van der Waals surface area contributed by atoms with E-state index in [-0.39, 0.29) is 0 Å². The Balaban J connectivity index is 1.68. The van der Waals surface area contributed by atoms with E-state index in [4.69, 9.17) is 0 Å². The molecule has 5 rings (SSSR count). The molecule has 2 heterocycles. The predicted octanol–water partition coefficient (Wildman–Crippen LogP) is 5.74. The van der Waals surface area contributed by atoms with Crippen molar-refractivity contribution in [1.29, 1.82) is 0 Å². The van der Waals surface area contributed by atoms with Gasteiger partial charge in [0.25, 0.3) is 0 Å². The van der Waals surface area contributed by atoms with E-state index in [2.05, 4.69) is 113 Å². The van der Waals surface area contributed by atoms with Crippen LogP contribution in [0.5, 0.6) is 0 Å². The highest BCUT2D eigenvalue weighted by Gasteiger charge is 2.18. The third-order valence-corrected chi connectivity index (χ3v) is 5.42. The summed E-state index contributed by atoms with van der Waals surface area (Å²) in [5.41, 5.74) is 4.92. The topological polar surface area (TPSA) is 11.4 Å². The molecule has 0 unspecified atom stereocenters. The number of hydrogen-bond acceptors (Lipinski definition) is 2. The van der Waals surface area contributed by atoms with Gasteiger partial charge in [-0.1, -0.05) is 36.4 Å². The Labute approximate surface area is 159 Å². The van der Waals surface area contributed by atoms with Gasteiger partial charge in [0.05, 0.1) is 17.7 Å². The summed E-state index contributed by atoms with van der Waals surface area (Å²) in [6.07, 6.45) is 4.36. The molecular formula is C24H23N3.